The number of pyridine rings is 1. The second-order valence-corrected chi connectivity index (χ2v) is 6.95. The zero-order chi connectivity index (χ0) is 14.8. The van der Waals surface area contributed by atoms with Gasteiger partial charge in [-0.15, -0.1) is 0 Å². The number of anilines is 1. The Bertz CT molecular complexity index is 508. The molecule has 0 amide bonds. The minimum atomic E-state index is 0.383. The molecule has 1 saturated heterocycles. The molecule has 0 bridgehead atoms. The molecule has 3 heteroatoms. The minimum absolute atomic E-state index is 0.383. The zero-order valence-electron chi connectivity index (χ0n) is 13.1. The van der Waals surface area contributed by atoms with Crippen LogP contribution in [-0.4, -0.2) is 18.1 Å². The highest BCUT2D eigenvalue weighted by Crippen LogP contribution is 2.35. The predicted molar refractivity (Wildman–Crippen MR) is 82.7 cm³/mol. The standard InChI is InChI=1S/C17H25N3/c1-13-10-14(12-18)11-16(19-13)20-8-5-6-15(7-9-20)17(2,3)4/h10-11,15H,5-9H2,1-4H3. The fourth-order valence-corrected chi connectivity index (χ4v) is 3.07. The third-order valence-electron chi connectivity index (χ3n) is 4.35. The van der Waals surface area contributed by atoms with Gasteiger partial charge in [-0.1, -0.05) is 20.8 Å². The van der Waals surface area contributed by atoms with E-state index in [0.717, 1.165) is 30.5 Å². The average molecular weight is 271 g/mol. The topological polar surface area (TPSA) is 39.9 Å². The molecule has 0 aromatic carbocycles. The molecule has 0 saturated carbocycles. The van der Waals surface area contributed by atoms with Crippen molar-refractivity contribution in [3.63, 3.8) is 0 Å². The third-order valence-corrected chi connectivity index (χ3v) is 4.35. The lowest BCUT2D eigenvalue weighted by molar-refractivity contribution is 0.220. The molecule has 20 heavy (non-hydrogen) atoms. The molecular formula is C17H25N3. The normalized spacial score (nSPS) is 20.4. The van der Waals surface area contributed by atoms with Crippen molar-refractivity contribution >= 4 is 5.82 Å². The van der Waals surface area contributed by atoms with E-state index in [2.05, 4.69) is 36.7 Å². The molecule has 1 unspecified atom stereocenters. The summed E-state index contributed by atoms with van der Waals surface area (Å²) in [7, 11) is 0. The minimum Gasteiger partial charge on any atom is -0.357 e. The molecule has 1 aromatic heterocycles. The summed E-state index contributed by atoms with van der Waals surface area (Å²) in [6.07, 6.45) is 3.71. The molecule has 1 atom stereocenters. The van der Waals surface area contributed by atoms with Crippen LogP contribution in [0, 0.1) is 29.6 Å². The summed E-state index contributed by atoms with van der Waals surface area (Å²) in [4.78, 5) is 6.96. The Balaban J connectivity index is 2.15. The summed E-state index contributed by atoms with van der Waals surface area (Å²) in [5, 5.41) is 9.09. The van der Waals surface area contributed by atoms with Crippen LogP contribution >= 0.6 is 0 Å². The van der Waals surface area contributed by atoms with E-state index in [4.69, 9.17) is 5.26 Å². The Hall–Kier alpha value is -1.56. The van der Waals surface area contributed by atoms with Gasteiger partial charge in [-0.3, -0.25) is 0 Å². The van der Waals surface area contributed by atoms with Gasteiger partial charge in [0.1, 0.15) is 5.82 Å². The number of nitriles is 1. The first kappa shape index (κ1) is 14.8. The van der Waals surface area contributed by atoms with Crippen LogP contribution in [-0.2, 0) is 0 Å². The molecule has 1 fully saturated rings. The number of hydrogen-bond acceptors (Lipinski definition) is 3. The van der Waals surface area contributed by atoms with E-state index in [0.29, 0.717) is 11.0 Å². The maximum atomic E-state index is 9.09. The van der Waals surface area contributed by atoms with Crippen molar-refractivity contribution in [1.82, 2.24) is 4.98 Å². The Morgan fingerprint density at radius 1 is 1.25 bits per heavy atom. The van der Waals surface area contributed by atoms with Gasteiger partial charge in [-0.05, 0) is 49.7 Å². The maximum absolute atomic E-state index is 9.09. The van der Waals surface area contributed by atoms with Crippen LogP contribution in [0.5, 0.6) is 0 Å². The van der Waals surface area contributed by atoms with E-state index in [1.807, 2.05) is 19.1 Å². The van der Waals surface area contributed by atoms with Crippen molar-refractivity contribution in [3.05, 3.63) is 23.4 Å². The summed E-state index contributed by atoms with van der Waals surface area (Å²) >= 11 is 0. The molecule has 3 nitrogen and oxygen atoms in total. The monoisotopic (exact) mass is 271 g/mol. The summed E-state index contributed by atoms with van der Waals surface area (Å²) in [6, 6.07) is 6.00. The molecule has 2 heterocycles. The van der Waals surface area contributed by atoms with Crippen molar-refractivity contribution in [2.45, 2.75) is 47.0 Å². The first-order valence-electron chi connectivity index (χ1n) is 7.54. The molecule has 1 aromatic rings. The van der Waals surface area contributed by atoms with Gasteiger partial charge in [0.05, 0.1) is 11.6 Å². The molecule has 0 radical (unpaired) electrons. The van der Waals surface area contributed by atoms with Gasteiger partial charge >= 0.3 is 0 Å². The molecule has 1 aliphatic rings. The second kappa shape index (κ2) is 5.83. The fraction of sp³-hybridized carbons (Fsp3) is 0.647. The highest BCUT2D eigenvalue weighted by Gasteiger charge is 2.27. The molecule has 0 aliphatic carbocycles. The van der Waals surface area contributed by atoms with E-state index in [-0.39, 0.29) is 0 Å². The first-order valence-corrected chi connectivity index (χ1v) is 7.54. The number of aromatic nitrogens is 1. The van der Waals surface area contributed by atoms with Crippen molar-refractivity contribution in [2.75, 3.05) is 18.0 Å². The average Bonchev–Trinajstić information content (AvgIpc) is 2.63. The molecule has 0 spiro atoms. The van der Waals surface area contributed by atoms with Crippen molar-refractivity contribution in [3.8, 4) is 6.07 Å². The van der Waals surface area contributed by atoms with Gasteiger partial charge in [-0.25, -0.2) is 4.98 Å². The number of rotatable bonds is 1. The zero-order valence-corrected chi connectivity index (χ0v) is 13.1. The quantitative estimate of drug-likeness (QED) is 0.777. The summed E-state index contributed by atoms with van der Waals surface area (Å²) < 4.78 is 0. The van der Waals surface area contributed by atoms with Crippen LogP contribution in [0.25, 0.3) is 0 Å². The van der Waals surface area contributed by atoms with Crippen LogP contribution < -0.4 is 4.90 Å². The van der Waals surface area contributed by atoms with Gasteiger partial charge in [0.25, 0.3) is 0 Å². The van der Waals surface area contributed by atoms with Crippen LogP contribution in [0.4, 0.5) is 5.82 Å². The predicted octanol–water partition coefficient (Wildman–Crippen LogP) is 3.91. The number of nitrogens with zero attached hydrogens (tertiary/aromatic N) is 3. The van der Waals surface area contributed by atoms with E-state index in [1.54, 1.807) is 0 Å². The summed E-state index contributed by atoms with van der Waals surface area (Å²) in [5.41, 5.74) is 2.02. The van der Waals surface area contributed by atoms with Crippen molar-refractivity contribution < 1.29 is 0 Å². The van der Waals surface area contributed by atoms with Crippen LogP contribution in [0.1, 0.15) is 51.3 Å². The van der Waals surface area contributed by atoms with Crippen LogP contribution in [0.15, 0.2) is 12.1 Å². The highest BCUT2D eigenvalue weighted by atomic mass is 15.2. The molecule has 1 aliphatic heterocycles. The fourth-order valence-electron chi connectivity index (χ4n) is 3.07. The Morgan fingerprint density at radius 2 is 2.00 bits per heavy atom. The van der Waals surface area contributed by atoms with E-state index in [9.17, 15) is 0 Å². The van der Waals surface area contributed by atoms with Gasteiger partial charge < -0.3 is 4.90 Å². The second-order valence-electron chi connectivity index (χ2n) is 6.95. The lowest BCUT2D eigenvalue weighted by atomic mass is 9.77. The number of aryl methyl sites for hydroxylation is 1. The van der Waals surface area contributed by atoms with Gasteiger partial charge in [-0.2, -0.15) is 5.26 Å². The number of hydrogen-bond donors (Lipinski definition) is 0. The summed E-state index contributed by atoms with van der Waals surface area (Å²) in [5.74, 6) is 1.74. The molecular weight excluding hydrogens is 246 g/mol. The van der Waals surface area contributed by atoms with Gasteiger partial charge in [0.15, 0.2) is 0 Å². The van der Waals surface area contributed by atoms with Crippen LogP contribution in [0.2, 0.25) is 0 Å². The first-order chi connectivity index (χ1) is 9.40. The summed E-state index contributed by atoms with van der Waals surface area (Å²) in [6.45, 7) is 11.1. The van der Waals surface area contributed by atoms with E-state index < -0.39 is 0 Å². The van der Waals surface area contributed by atoms with E-state index in [1.165, 1.54) is 19.3 Å². The third kappa shape index (κ3) is 3.50. The lowest BCUT2D eigenvalue weighted by Gasteiger charge is -2.30. The smallest absolute Gasteiger partial charge is 0.130 e. The Kier molecular flexibility index (Phi) is 4.32. The van der Waals surface area contributed by atoms with E-state index >= 15 is 0 Å². The SMILES string of the molecule is Cc1cc(C#N)cc(N2CCCC(C(C)(C)C)CC2)n1. The molecule has 0 N–H and O–H groups in total. The van der Waals surface area contributed by atoms with Gasteiger partial charge in [0.2, 0.25) is 0 Å². The van der Waals surface area contributed by atoms with Crippen LogP contribution in [0.3, 0.4) is 0 Å². The Morgan fingerprint density at radius 3 is 2.65 bits per heavy atom. The molecule has 108 valence electrons. The highest BCUT2D eigenvalue weighted by molar-refractivity contribution is 5.46. The largest absolute Gasteiger partial charge is 0.357 e. The maximum Gasteiger partial charge on any atom is 0.130 e. The van der Waals surface area contributed by atoms with Crippen molar-refractivity contribution in [2.24, 2.45) is 11.3 Å². The molecule has 2 rings (SSSR count). The van der Waals surface area contributed by atoms with Crippen molar-refractivity contribution in [1.29, 1.82) is 5.26 Å². The Labute approximate surface area is 122 Å². The van der Waals surface area contributed by atoms with Gasteiger partial charge in [0, 0.05) is 18.8 Å². The lowest BCUT2D eigenvalue weighted by Crippen LogP contribution is -2.27.